The molecule has 0 aliphatic rings. The molecule has 274 valence electrons. The summed E-state index contributed by atoms with van der Waals surface area (Å²) in [6.45, 7) is 2.59. The first kappa shape index (κ1) is 49.7. The maximum Gasteiger partial charge on any atom is 1.00 e. The molecule has 1 N–H and O–H groups in total. The number of rotatable bonds is 10. The Hall–Kier alpha value is -2.70. The first-order valence-corrected chi connectivity index (χ1v) is 14.7. The number of aromatic nitrogens is 8. The van der Waals surface area contributed by atoms with Gasteiger partial charge in [0, 0.05) is 84.9 Å². The fourth-order valence-corrected chi connectivity index (χ4v) is 2.82. The van der Waals surface area contributed by atoms with Gasteiger partial charge in [-0.15, -0.1) is 0 Å². The van der Waals surface area contributed by atoms with E-state index in [0.29, 0.717) is 26.2 Å². The van der Waals surface area contributed by atoms with Crippen LogP contribution in [0.2, 0.25) is 0 Å². The van der Waals surface area contributed by atoms with E-state index < -0.39 is 21.6 Å². The second kappa shape index (κ2) is 31.6. The molecule has 4 heterocycles. The molecule has 0 radical (unpaired) electrons. The van der Waals surface area contributed by atoms with Crippen molar-refractivity contribution in [3.63, 3.8) is 0 Å². The van der Waals surface area contributed by atoms with Crippen LogP contribution in [0.3, 0.4) is 0 Å². The summed E-state index contributed by atoms with van der Waals surface area (Å²) in [6, 6.07) is 0. The van der Waals surface area contributed by atoms with Crippen molar-refractivity contribution in [1.29, 1.82) is 0 Å². The van der Waals surface area contributed by atoms with E-state index in [2.05, 4.69) is 39.9 Å². The zero-order valence-electron chi connectivity index (χ0n) is 26.4. The van der Waals surface area contributed by atoms with E-state index in [1.54, 1.807) is 49.6 Å². The molecule has 0 fully saturated rings. The van der Waals surface area contributed by atoms with Gasteiger partial charge in [0.15, 0.2) is 0 Å². The van der Waals surface area contributed by atoms with Crippen molar-refractivity contribution in [1.82, 2.24) is 38.2 Å². The summed E-state index contributed by atoms with van der Waals surface area (Å²) in [7, 11) is 3.05. The van der Waals surface area contributed by atoms with E-state index in [9.17, 15) is 0 Å². The molecular formula is C25H36Ag2Cl2N12O7. The number of hydrogen-bond acceptors (Lipinski definition) is 15. The van der Waals surface area contributed by atoms with Crippen molar-refractivity contribution >= 4 is 24.9 Å². The van der Waals surface area contributed by atoms with Gasteiger partial charge in [-0.05, 0) is 0 Å². The molecule has 0 aliphatic carbocycles. The first-order chi connectivity index (χ1) is 22.0. The molecule has 0 atom stereocenters. The summed E-state index contributed by atoms with van der Waals surface area (Å²) >= 11 is 0. The molecule has 0 spiro atoms. The van der Waals surface area contributed by atoms with Crippen molar-refractivity contribution in [2.75, 3.05) is 33.3 Å². The van der Waals surface area contributed by atoms with Gasteiger partial charge in [0.1, 0.15) is 23.3 Å². The van der Waals surface area contributed by atoms with Crippen molar-refractivity contribution in [2.45, 2.75) is 0 Å². The zero-order valence-corrected chi connectivity index (χ0v) is 30.9. The average Bonchev–Trinajstić information content (AvgIpc) is 3.80. The second-order valence-electron chi connectivity index (χ2n) is 8.10. The Morgan fingerprint density at radius 2 is 0.667 bits per heavy atom. The summed E-state index contributed by atoms with van der Waals surface area (Å²) in [4.78, 5) is 33.7. The van der Waals surface area contributed by atoms with Crippen LogP contribution in [0.4, 0.5) is 0 Å². The molecule has 0 aliphatic heterocycles. The molecule has 4 aromatic heterocycles. The molecule has 4 rings (SSSR count). The molecule has 19 nitrogen and oxygen atoms in total. The fraction of sp³-hybridized carbons (Fsp3) is 0.360. The van der Waals surface area contributed by atoms with Crippen LogP contribution in [-0.4, -0.2) is 101 Å². The number of hydrogen-bond donors (Lipinski definition) is 1. The fourth-order valence-electron chi connectivity index (χ4n) is 2.82. The van der Waals surface area contributed by atoms with Crippen LogP contribution in [0.15, 0.2) is 69.5 Å². The molecule has 0 unspecified atom stereocenters. The number of aryl methyl sites for hydroxylation is 4. The summed E-state index contributed by atoms with van der Waals surface area (Å²) in [5.74, 6) is 3.40. The number of aliphatic hydroxyl groups is 1. The summed E-state index contributed by atoms with van der Waals surface area (Å²) in [5, 5.41) is 7.00. The Morgan fingerprint density at radius 3 is 0.792 bits per heavy atom. The van der Waals surface area contributed by atoms with Gasteiger partial charge in [-0.3, -0.25) is 20.0 Å². The van der Waals surface area contributed by atoms with E-state index in [1.165, 1.54) is 0 Å². The van der Waals surface area contributed by atoms with Gasteiger partial charge in [-0.2, -0.15) is 0 Å². The normalized spacial score (nSPS) is 10.5. The summed E-state index contributed by atoms with van der Waals surface area (Å²) in [5.41, 5.74) is 0. The number of aliphatic imine (C=N–C) groups is 4. The van der Waals surface area contributed by atoms with Crippen molar-refractivity contribution in [3.8, 4) is 0 Å². The van der Waals surface area contributed by atoms with E-state index >= 15 is 0 Å². The maximum absolute atomic E-state index is 8.41. The van der Waals surface area contributed by atoms with Crippen LogP contribution in [0, 0.1) is 21.6 Å². The van der Waals surface area contributed by atoms with Gasteiger partial charge < -0.3 is 51.3 Å². The zero-order chi connectivity index (χ0) is 34.7. The summed E-state index contributed by atoms with van der Waals surface area (Å²) < 4.78 is 58.1. The Bertz CT molecular complexity index is 1230. The Balaban J connectivity index is -0.000000641. The first-order valence-electron chi connectivity index (χ1n) is 12.8. The van der Waals surface area contributed by atoms with Gasteiger partial charge in [0.25, 0.3) is 0 Å². The Kier molecular flexibility index (Phi) is 32.7. The van der Waals surface area contributed by atoms with Crippen LogP contribution in [-0.2, 0) is 73.0 Å². The third-order valence-electron chi connectivity index (χ3n) is 4.98. The third-order valence-corrected chi connectivity index (χ3v) is 4.98. The Morgan fingerprint density at radius 1 is 0.500 bits per heavy atom. The minimum Gasteiger partial charge on any atom is -0.400 e. The number of aliphatic hydroxyl groups excluding tert-OH is 1. The molecule has 4 aromatic rings. The summed E-state index contributed by atoms with van der Waals surface area (Å²) in [6.07, 6.45) is 21.6. The van der Waals surface area contributed by atoms with Crippen LogP contribution in [0.25, 0.3) is 0 Å². The second-order valence-corrected chi connectivity index (χ2v) is 8.86. The quantitative estimate of drug-likeness (QED) is 0.0888. The SMILES string of the molecule is CO.Cn1ccnc1C=NCCN=Cc1nccn1C.Cn1ccnc1C=NCCN=Cc1nccn1C.[Ag+].[Ag+].[O-][Cl+2]([O-])[O-].[O-][Cl+2]([O-])[O-]. The number of nitrogens with zero attached hydrogens (tertiary/aromatic N) is 12. The Labute approximate surface area is 315 Å². The third kappa shape index (κ3) is 25.3. The number of imidazole rings is 4. The van der Waals surface area contributed by atoms with E-state index in [4.69, 9.17) is 33.1 Å². The maximum atomic E-state index is 8.41. The standard InChI is InChI=1S/2C12H16N6.CH4O.2Ag.2ClO3/c2*1-17-7-5-15-11(17)9-13-3-4-14-10-12-16-6-8-18(12)2;1-2;;;2*2-1(3)4/h2*5-10H,3-4H2,1-2H3;2H,1H3;;;;/q;;;2*+1;2*-1. The molecule has 23 heteroatoms. The van der Waals surface area contributed by atoms with Crippen molar-refractivity contribution in [3.05, 3.63) is 72.9 Å². The monoisotopic (exact) mass is 900 g/mol. The molecule has 0 bridgehead atoms. The smallest absolute Gasteiger partial charge is 0.400 e. The molecule has 0 saturated carbocycles. The van der Waals surface area contributed by atoms with Crippen LogP contribution in [0.5, 0.6) is 0 Å². The predicted molar refractivity (Wildman–Crippen MR) is 151 cm³/mol. The number of halogens is 2. The van der Waals surface area contributed by atoms with Crippen LogP contribution >= 0.6 is 0 Å². The largest absolute Gasteiger partial charge is 1.00 e. The molecule has 0 amide bonds. The van der Waals surface area contributed by atoms with Crippen molar-refractivity contribution < 1.29 is 99.4 Å². The molecule has 0 aromatic carbocycles. The van der Waals surface area contributed by atoms with Crippen molar-refractivity contribution in [2.24, 2.45) is 48.2 Å². The van der Waals surface area contributed by atoms with Gasteiger partial charge in [-0.1, -0.05) is 0 Å². The van der Waals surface area contributed by atoms with Crippen LogP contribution in [0.1, 0.15) is 23.3 Å². The molecular weight excluding hydrogens is 867 g/mol. The predicted octanol–water partition coefficient (Wildman–Crippen LogP) is -6.15. The topological polar surface area (TPSA) is 279 Å². The van der Waals surface area contributed by atoms with E-state index in [0.717, 1.165) is 30.4 Å². The molecule has 48 heavy (non-hydrogen) atoms. The minimum absolute atomic E-state index is 0. The molecule has 0 saturated heterocycles. The van der Waals surface area contributed by atoms with Gasteiger partial charge in [-0.25, -0.2) is 19.9 Å². The van der Waals surface area contributed by atoms with E-state index in [1.807, 2.05) is 71.2 Å². The van der Waals surface area contributed by atoms with Gasteiger partial charge in [0.2, 0.25) is 0 Å². The average molecular weight is 903 g/mol. The van der Waals surface area contributed by atoms with Gasteiger partial charge in [0.05, 0.1) is 72.6 Å². The van der Waals surface area contributed by atoms with Crippen LogP contribution < -0.4 is 28.0 Å². The van der Waals surface area contributed by atoms with Gasteiger partial charge >= 0.3 is 44.8 Å². The minimum atomic E-state index is -2.85. The van der Waals surface area contributed by atoms with E-state index in [-0.39, 0.29) is 44.8 Å².